The van der Waals surface area contributed by atoms with Gasteiger partial charge in [-0.3, -0.25) is 9.69 Å². The maximum absolute atomic E-state index is 13.3. The summed E-state index contributed by atoms with van der Waals surface area (Å²) in [6.07, 6.45) is 4.07. The molecule has 0 bridgehead atoms. The predicted octanol–water partition coefficient (Wildman–Crippen LogP) is 5.07. The van der Waals surface area contributed by atoms with E-state index in [1.165, 1.54) is 23.0 Å². The minimum Gasteiger partial charge on any atom is -0.495 e. The Hall–Kier alpha value is -3.28. The van der Waals surface area contributed by atoms with Crippen molar-refractivity contribution in [2.24, 2.45) is 5.92 Å². The highest BCUT2D eigenvalue weighted by Crippen LogP contribution is 2.32. The predicted molar refractivity (Wildman–Crippen MR) is 161 cm³/mol. The van der Waals surface area contributed by atoms with E-state index in [4.69, 9.17) is 9.26 Å². The lowest BCUT2D eigenvalue weighted by Crippen LogP contribution is -2.38. The molecule has 2 fully saturated rings. The maximum Gasteiger partial charge on any atom is 0.246 e. The Bertz CT molecular complexity index is 1480. The van der Waals surface area contributed by atoms with Gasteiger partial charge in [0.2, 0.25) is 27.6 Å². The number of aromatic nitrogens is 2. The number of methoxy groups -OCH3 is 1. The van der Waals surface area contributed by atoms with E-state index in [0.717, 1.165) is 24.8 Å². The second-order valence-electron chi connectivity index (χ2n) is 12.2. The first-order chi connectivity index (χ1) is 20.0. The van der Waals surface area contributed by atoms with Crippen LogP contribution in [0, 0.1) is 5.92 Å². The monoisotopic (exact) mass is 595 g/mol. The van der Waals surface area contributed by atoms with E-state index >= 15 is 0 Å². The standard InChI is InChI=1S/C31H41N5O5S/c1-31(2,3)24-10-8-22(9-11-24)29-33-28(41-34-29)21-35-18-14-23(15-19-35)30(37)32-25-12-13-26(40-4)27(20-25)42(38,39)36-16-6-5-7-17-36/h8-13,20,23H,5-7,14-19,21H2,1-4H3,(H,32,37). The van der Waals surface area contributed by atoms with Crippen LogP contribution < -0.4 is 10.1 Å². The second-order valence-corrected chi connectivity index (χ2v) is 14.1. The smallest absolute Gasteiger partial charge is 0.246 e. The van der Waals surface area contributed by atoms with Gasteiger partial charge in [0.1, 0.15) is 10.6 Å². The maximum atomic E-state index is 13.3. The fourth-order valence-electron chi connectivity index (χ4n) is 5.54. The van der Waals surface area contributed by atoms with Crippen LogP contribution in [-0.4, -0.2) is 67.0 Å². The SMILES string of the molecule is COc1ccc(NC(=O)C2CCN(Cc3nc(-c4ccc(C(C)(C)C)cc4)no3)CC2)cc1S(=O)(=O)N1CCCCC1. The van der Waals surface area contributed by atoms with E-state index in [1.807, 2.05) is 12.1 Å². The first kappa shape index (κ1) is 30.2. The van der Waals surface area contributed by atoms with Crippen LogP contribution in [0.3, 0.4) is 0 Å². The molecule has 226 valence electrons. The number of nitrogens with zero attached hydrogens (tertiary/aromatic N) is 4. The molecular formula is C31H41N5O5S. The number of benzene rings is 2. The van der Waals surface area contributed by atoms with Crippen LogP contribution in [0.25, 0.3) is 11.4 Å². The quantitative estimate of drug-likeness (QED) is 0.384. The number of hydrogen-bond acceptors (Lipinski definition) is 8. The molecule has 2 saturated heterocycles. The van der Waals surface area contributed by atoms with Gasteiger partial charge in [-0.2, -0.15) is 9.29 Å². The number of likely N-dealkylation sites (tertiary alicyclic amines) is 1. The van der Waals surface area contributed by atoms with Crippen molar-refractivity contribution in [2.45, 2.75) is 69.7 Å². The second kappa shape index (κ2) is 12.5. The first-order valence-electron chi connectivity index (χ1n) is 14.7. The van der Waals surface area contributed by atoms with Crippen LogP contribution in [0.15, 0.2) is 51.9 Å². The topological polar surface area (TPSA) is 118 Å². The minimum atomic E-state index is -3.72. The number of hydrogen-bond donors (Lipinski definition) is 1. The molecule has 1 N–H and O–H groups in total. The lowest BCUT2D eigenvalue weighted by molar-refractivity contribution is -0.121. The summed E-state index contributed by atoms with van der Waals surface area (Å²) < 4.78 is 39.1. The molecule has 10 nitrogen and oxygen atoms in total. The molecule has 2 aliphatic heterocycles. The van der Waals surface area contributed by atoms with Crippen molar-refractivity contribution in [3.63, 3.8) is 0 Å². The van der Waals surface area contributed by atoms with Gasteiger partial charge in [-0.25, -0.2) is 8.42 Å². The number of anilines is 1. The van der Waals surface area contributed by atoms with Crippen molar-refractivity contribution in [3.8, 4) is 17.1 Å². The minimum absolute atomic E-state index is 0.0784. The number of nitrogens with one attached hydrogen (secondary N) is 1. The highest BCUT2D eigenvalue weighted by atomic mass is 32.2. The normalized spacial score (nSPS) is 17.7. The van der Waals surface area contributed by atoms with E-state index < -0.39 is 10.0 Å². The molecule has 0 radical (unpaired) electrons. The Morgan fingerprint density at radius 3 is 2.36 bits per heavy atom. The number of rotatable bonds is 8. The molecule has 0 unspecified atom stereocenters. The van der Waals surface area contributed by atoms with Crippen molar-refractivity contribution >= 4 is 21.6 Å². The fourth-order valence-corrected chi connectivity index (χ4v) is 7.24. The lowest BCUT2D eigenvalue weighted by atomic mass is 9.87. The van der Waals surface area contributed by atoms with Crippen LogP contribution in [0.2, 0.25) is 0 Å². The largest absolute Gasteiger partial charge is 0.495 e. The average molecular weight is 596 g/mol. The zero-order chi connectivity index (χ0) is 29.9. The number of amides is 1. The Balaban J connectivity index is 1.16. The van der Waals surface area contributed by atoms with Crippen molar-refractivity contribution < 1.29 is 22.5 Å². The van der Waals surface area contributed by atoms with Gasteiger partial charge >= 0.3 is 0 Å². The van der Waals surface area contributed by atoms with Gasteiger partial charge < -0.3 is 14.6 Å². The molecule has 0 saturated carbocycles. The molecular weight excluding hydrogens is 554 g/mol. The summed E-state index contributed by atoms with van der Waals surface area (Å²) in [5, 5.41) is 7.11. The van der Waals surface area contributed by atoms with E-state index in [9.17, 15) is 13.2 Å². The molecule has 3 heterocycles. The van der Waals surface area contributed by atoms with Gasteiger partial charge in [0.15, 0.2) is 0 Å². The number of carbonyl (C=O) groups is 1. The third kappa shape index (κ3) is 6.85. The zero-order valence-electron chi connectivity index (χ0n) is 24.9. The van der Waals surface area contributed by atoms with Gasteiger partial charge in [-0.15, -0.1) is 0 Å². The molecule has 5 rings (SSSR count). The van der Waals surface area contributed by atoms with Crippen LogP contribution in [0.4, 0.5) is 5.69 Å². The highest BCUT2D eigenvalue weighted by molar-refractivity contribution is 7.89. The van der Waals surface area contributed by atoms with Crippen LogP contribution in [0.1, 0.15) is 64.3 Å². The summed E-state index contributed by atoms with van der Waals surface area (Å²) in [4.78, 5) is 20.0. The Morgan fingerprint density at radius 2 is 1.71 bits per heavy atom. The van der Waals surface area contributed by atoms with Crippen molar-refractivity contribution in [2.75, 3.05) is 38.6 Å². The number of sulfonamides is 1. The molecule has 3 aromatic rings. The molecule has 0 atom stereocenters. The number of piperidine rings is 2. The number of carbonyl (C=O) groups excluding carboxylic acids is 1. The van der Waals surface area contributed by atoms with Gasteiger partial charge in [-0.1, -0.05) is 56.6 Å². The van der Waals surface area contributed by atoms with E-state index in [0.29, 0.717) is 63.0 Å². The van der Waals surface area contributed by atoms with Gasteiger partial charge in [0.25, 0.3) is 0 Å². The Morgan fingerprint density at radius 1 is 1.02 bits per heavy atom. The first-order valence-corrected chi connectivity index (χ1v) is 16.1. The van der Waals surface area contributed by atoms with E-state index in [-0.39, 0.29) is 27.9 Å². The van der Waals surface area contributed by atoms with Gasteiger partial charge in [-0.05, 0) is 68.0 Å². The zero-order valence-corrected chi connectivity index (χ0v) is 25.7. The van der Waals surface area contributed by atoms with Crippen molar-refractivity contribution in [3.05, 3.63) is 53.9 Å². The van der Waals surface area contributed by atoms with E-state index in [2.05, 4.69) is 53.3 Å². The number of ether oxygens (including phenoxy) is 1. The lowest BCUT2D eigenvalue weighted by Gasteiger charge is -2.30. The Kier molecular flexibility index (Phi) is 9.00. The molecule has 2 aromatic carbocycles. The molecule has 1 amide bonds. The van der Waals surface area contributed by atoms with E-state index in [1.54, 1.807) is 12.1 Å². The summed E-state index contributed by atoms with van der Waals surface area (Å²) in [6, 6.07) is 13.0. The molecule has 1 aromatic heterocycles. The van der Waals surface area contributed by atoms with Crippen molar-refractivity contribution in [1.82, 2.24) is 19.3 Å². The summed E-state index contributed by atoms with van der Waals surface area (Å²) in [6.45, 7) is 9.49. The Labute approximate surface area is 248 Å². The van der Waals surface area contributed by atoms with Crippen molar-refractivity contribution in [1.29, 1.82) is 0 Å². The summed E-state index contributed by atoms with van der Waals surface area (Å²) in [5.74, 6) is 1.11. The van der Waals surface area contributed by atoms with Gasteiger partial charge in [0.05, 0.1) is 13.7 Å². The molecule has 2 aliphatic rings. The summed E-state index contributed by atoms with van der Waals surface area (Å²) in [5.41, 5.74) is 2.69. The third-order valence-corrected chi connectivity index (χ3v) is 10.1. The average Bonchev–Trinajstić information content (AvgIpc) is 3.46. The molecule has 11 heteroatoms. The van der Waals surface area contributed by atoms with Gasteiger partial charge in [0, 0.05) is 30.3 Å². The highest BCUT2D eigenvalue weighted by Gasteiger charge is 2.30. The van der Waals surface area contributed by atoms with Crippen LogP contribution in [0.5, 0.6) is 5.75 Å². The summed E-state index contributed by atoms with van der Waals surface area (Å²) in [7, 11) is -2.26. The fraction of sp³-hybridized carbons (Fsp3) is 0.516. The molecule has 42 heavy (non-hydrogen) atoms. The summed E-state index contributed by atoms with van der Waals surface area (Å²) >= 11 is 0. The third-order valence-electron chi connectivity index (χ3n) is 8.16. The molecule has 0 spiro atoms. The molecule has 0 aliphatic carbocycles. The van der Waals surface area contributed by atoms with Crippen LogP contribution in [-0.2, 0) is 26.8 Å². The van der Waals surface area contributed by atoms with Crippen LogP contribution >= 0.6 is 0 Å².